The molecule has 0 saturated carbocycles. The number of fused-ring (bicyclic) bond motifs is 1. The SMILES string of the molecule is C[C@H]1CN2NNC(C(=O)O)=C2CN1C(=O)Nc1ccc(F)c(C#N)c1. The molecule has 2 heterocycles. The number of carboxylic acid groups (broad SMARTS) is 1. The average molecular weight is 346 g/mol. The van der Waals surface area contributed by atoms with Crippen LogP contribution in [0.3, 0.4) is 0 Å². The second-order valence-corrected chi connectivity index (χ2v) is 5.69. The number of anilines is 1. The molecule has 0 radical (unpaired) electrons. The van der Waals surface area contributed by atoms with Gasteiger partial charge in [-0.25, -0.2) is 14.0 Å². The predicted molar refractivity (Wildman–Crippen MR) is 83.9 cm³/mol. The van der Waals surface area contributed by atoms with Crippen LogP contribution < -0.4 is 16.3 Å². The Morgan fingerprint density at radius 1 is 1.48 bits per heavy atom. The van der Waals surface area contributed by atoms with E-state index in [1.165, 1.54) is 17.0 Å². The second kappa shape index (κ2) is 6.29. The van der Waals surface area contributed by atoms with Crippen LogP contribution in [-0.4, -0.2) is 46.1 Å². The Morgan fingerprint density at radius 3 is 2.92 bits per heavy atom. The molecule has 4 N–H and O–H groups in total. The summed E-state index contributed by atoms with van der Waals surface area (Å²) in [5.41, 5.74) is 5.85. The van der Waals surface area contributed by atoms with Gasteiger partial charge in [-0.05, 0) is 25.1 Å². The molecule has 2 aliphatic heterocycles. The Bertz CT molecular complexity index is 818. The number of carbonyl (C=O) groups excluding carboxylic acids is 1. The molecule has 130 valence electrons. The molecule has 0 bridgehead atoms. The first-order chi connectivity index (χ1) is 11.9. The maximum atomic E-state index is 13.4. The molecule has 1 aromatic rings. The quantitative estimate of drug-likeness (QED) is 0.617. The number of carbonyl (C=O) groups is 2. The van der Waals surface area contributed by atoms with Crippen LogP contribution in [0.2, 0.25) is 0 Å². The molecule has 1 atom stereocenters. The molecular formula is C15H15FN6O3. The summed E-state index contributed by atoms with van der Waals surface area (Å²) in [6.07, 6.45) is 0. The number of hydrogen-bond acceptors (Lipinski definition) is 6. The zero-order chi connectivity index (χ0) is 18.1. The van der Waals surface area contributed by atoms with Crippen LogP contribution in [-0.2, 0) is 4.79 Å². The minimum Gasteiger partial charge on any atom is -0.476 e. The highest BCUT2D eigenvalue weighted by molar-refractivity contribution is 5.91. The van der Waals surface area contributed by atoms with E-state index in [9.17, 15) is 19.1 Å². The zero-order valence-corrected chi connectivity index (χ0v) is 13.2. The van der Waals surface area contributed by atoms with E-state index < -0.39 is 17.8 Å². The number of amides is 2. The third-order valence-corrected chi connectivity index (χ3v) is 4.04. The van der Waals surface area contributed by atoms with Gasteiger partial charge in [-0.1, -0.05) is 0 Å². The van der Waals surface area contributed by atoms with E-state index in [-0.39, 0.29) is 29.5 Å². The smallest absolute Gasteiger partial charge is 0.355 e. The fraction of sp³-hybridized carbons (Fsp3) is 0.267. The molecule has 10 heteroatoms. The summed E-state index contributed by atoms with van der Waals surface area (Å²) in [5.74, 6) is -1.79. The minimum atomic E-state index is -1.13. The number of nitriles is 1. The van der Waals surface area contributed by atoms with Crippen molar-refractivity contribution >= 4 is 17.7 Å². The number of rotatable bonds is 2. The molecule has 1 saturated heterocycles. The minimum absolute atomic E-state index is 0.0155. The molecule has 0 aliphatic carbocycles. The lowest BCUT2D eigenvalue weighted by Gasteiger charge is -2.39. The van der Waals surface area contributed by atoms with Crippen LogP contribution in [0.5, 0.6) is 0 Å². The topological polar surface area (TPSA) is 121 Å². The van der Waals surface area contributed by atoms with Gasteiger partial charge in [0.2, 0.25) is 0 Å². The van der Waals surface area contributed by atoms with Gasteiger partial charge < -0.3 is 15.3 Å². The summed E-state index contributed by atoms with van der Waals surface area (Å²) in [4.78, 5) is 25.2. The van der Waals surface area contributed by atoms with E-state index >= 15 is 0 Å². The van der Waals surface area contributed by atoms with Crippen molar-refractivity contribution in [2.45, 2.75) is 13.0 Å². The fourth-order valence-corrected chi connectivity index (χ4v) is 2.73. The molecule has 2 aliphatic rings. The summed E-state index contributed by atoms with van der Waals surface area (Å²) >= 11 is 0. The van der Waals surface area contributed by atoms with E-state index in [1.807, 2.05) is 6.92 Å². The van der Waals surface area contributed by atoms with Crippen molar-refractivity contribution in [3.8, 4) is 6.07 Å². The maximum Gasteiger partial charge on any atom is 0.355 e. The van der Waals surface area contributed by atoms with Crippen molar-refractivity contribution in [3.05, 3.63) is 41.0 Å². The first kappa shape index (κ1) is 16.5. The molecule has 2 amide bonds. The van der Waals surface area contributed by atoms with E-state index in [0.29, 0.717) is 12.2 Å². The highest BCUT2D eigenvalue weighted by Gasteiger charge is 2.37. The number of hydrogen-bond donors (Lipinski definition) is 4. The van der Waals surface area contributed by atoms with Gasteiger partial charge in [0.1, 0.15) is 11.9 Å². The van der Waals surface area contributed by atoms with E-state index in [2.05, 4.69) is 16.3 Å². The summed E-state index contributed by atoms with van der Waals surface area (Å²) in [5, 5.41) is 22.3. The van der Waals surface area contributed by atoms with Gasteiger partial charge in [0.25, 0.3) is 0 Å². The van der Waals surface area contributed by atoms with Crippen LogP contribution in [0.15, 0.2) is 29.6 Å². The van der Waals surface area contributed by atoms with Crippen molar-refractivity contribution in [1.29, 1.82) is 5.26 Å². The lowest BCUT2D eigenvalue weighted by Crippen LogP contribution is -2.56. The number of nitrogens with one attached hydrogen (secondary N) is 3. The normalized spacial score (nSPS) is 19.2. The molecule has 1 fully saturated rings. The molecular weight excluding hydrogens is 331 g/mol. The molecule has 1 aromatic carbocycles. The number of aliphatic carboxylic acids is 1. The van der Waals surface area contributed by atoms with Gasteiger partial charge in [-0.15, -0.1) is 5.53 Å². The average Bonchev–Trinajstić information content (AvgIpc) is 2.98. The summed E-state index contributed by atoms with van der Waals surface area (Å²) < 4.78 is 13.4. The van der Waals surface area contributed by atoms with Crippen molar-refractivity contribution in [2.75, 3.05) is 18.4 Å². The molecule has 25 heavy (non-hydrogen) atoms. The maximum absolute atomic E-state index is 13.4. The number of hydrazine groups is 2. The van der Waals surface area contributed by atoms with Gasteiger partial charge in [0.05, 0.1) is 30.4 Å². The third kappa shape index (κ3) is 3.05. The largest absolute Gasteiger partial charge is 0.476 e. The van der Waals surface area contributed by atoms with Crippen LogP contribution in [0.25, 0.3) is 0 Å². The van der Waals surface area contributed by atoms with Crippen LogP contribution in [0, 0.1) is 17.1 Å². The number of carboxylic acids is 1. The highest BCUT2D eigenvalue weighted by atomic mass is 19.1. The Hall–Kier alpha value is -3.32. The Labute approximate surface area is 142 Å². The van der Waals surface area contributed by atoms with E-state index in [0.717, 1.165) is 6.07 Å². The zero-order valence-electron chi connectivity index (χ0n) is 13.2. The molecule has 0 aromatic heterocycles. The van der Waals surface area contributed by atoms with Crippen LogP contribution in [0.4, 0.5) is 14.9 Å². The molecule has 0 spiro atoms. The number of urea groups is 1. The first-order valence-corrected chi connectivity index (χ1v) is 7.43. The van der Waals surface area contributed by atoms with E-state index in [4.69, 9.17) is 5.26 Å². The second-order valence-electron chi connectivity index (χ2n) is 5.69. The monoisotopic (exact) mass is 346 g/mol. The Morgan fingerprint density at radius 2 is 2.24 bits per heavy atom. The number of nitrogens with zero attached hydrogens (tertiary/aromatic N) is 3. The Kier molecular flexibility index (Phi) is 4.16. The van der Waals surface area contributed by atoms with Crippen LogP contribution in [0.1, 0.15) is 12.5 Å². The van der Waals surface area contributed by atoms with Gasteiger partial charge in [0, 0.05) is 5.69 Å². The van der Waals surface area contributed by atoms with Crippen molar-refractivity contribution in [2.24, 2.45) is 0 Å². The number of piperazine rings is 1. The standard InChI is InChI=1S/C15H15FN6O3/c1-8-6-22-12(13(14(23)24)19-20-22)7-21(8)15(25)18-10-2-3-11(16)9(4-10)5-17/h2-4,8,19-20H,6-7H2,1H3,(H,18,25)(H,23,24)/t8-/m0/s1. The Balaban J connectivity index is 1.79. The van der Waals surface area contributed by atoms with Gasteiger partial charge in [-0.3, -0.25) is 10.4 Å². The molecule has 9 nitrogen and oxygen atoms in total. The van der Waals surface area contributed by atoms with Crippen molar-refractivity contribution < 1.29 is 19.1 Å². The first-order valence-electron chi connectivity index (χ1n) is 7.43. The highest BCUT2D eigenvalue weighted by Crippen LogP contribution is 2.23. The predicted octanol–water partition coefficient (Wildman–Crippen LogP) is 0.554. The van der Waals surface area contributed by atoms with Gasteiger partial charge in [-0.2, -0.15) is 5.26 Å². The fourth-order valence-electron chi connectivity index (χ4n) is 2.73. The number of halogens is 1. The molecule has 0 unspecified atom stereocenters. The molecule has 3 rings (SSSR count). The summed E-state index contributed by atoms with van der Waals surface area (Å²) in [6, 6.07) is 4.74. The van der Waals surface area contributed by atoms with E-state index in [1.54, 1.807) is 11.1 Å². The van der Waals surface area contributed by atoms with Crippen molar-refractivity contribution in [3.63, 3.8) is 0 Å². The lowest BCUT2D eigenvalue weighted by molar-refractivity contribution is -0.133. The summed E-state index contributed by atoms with van der Waals surface area (Å²) in [6.45, 7) is 2.29. The van der Waals surface area contributed by atoms with Gasteiger partial charge >= 0.3 is 12.0 Å². The third-order valence-electron chi connectivity index (χ3n) is 4.04. The summed E-state index contributed by atoms with van der Waals surface area (Å²) in [7, 11) is 0. The lowest BCUT2D eigenvalue weighted by atomic mass is 10.1. The van der Waals surface area contributed by atoms with Crippen LogP contribution >= 0.6 is 0 Å². The van der Waals surface area contributed by atoms with Crippen molar-refractivity contribution in [1.82, 2.24) is 20.9 Å². The van der Waals surface area contributed by atoms with Gasteiger partial charge in [0.15, 0.2) is 5.70 Å². The number of benzene rings is 1.